The minimum atomic E-state index is 0.220. The summed E-state index contributed by atoms with van der Waals surface area (Å²) < 4.78 is 5.89. The van der Waals surface area contributed by atoms with Crippen LogP contribution in [0.3, 0.4) is 0 Å². The molecule has 0 aliphatic carbocycles. The molecule has 4 nitrogen and oxygen atoms in total. The Balaban J connectivity index is 1.54. The van der Waals surface area contributed by atoms with Gasteiger partial charge in [-0.2, -0.15) is 0 Å². The number of benzene rings is 1. The number of aromatic nitrogens is 1. The SMILES string of the molecule is CC(C)COC1CCN(C(=O)Cc2c[nH]c3ccccc23)CC1. The van der Waals surface area contributed by atoms with Crippen molar-refractivity contribution in [2.75, 3.05) is 19.7 Å². The van der Waals surface area contributed by atoms with Gasteiger partial charge in [0.05, 0.1) is 12.5 Å². The van der Waals surface area contributed by atoms with Crippen molar-refractivity contribution in [1.29, 1.82) is 0 Å². The largest absolute Gasteiger partial charge is 0.378 e. The van der Waals surface area contributed by atoms with Crippen LogP contribution in [0.2, 0.25) is 0 Å². The fourth-order valence-electron chi connectivity index (χ4n) is 3.15. The van der Waals surface area contributed by atoms with E-state index in [0.29, 0.717) is 18.4 Å². The molecular formula is C19H26N2O2. The van der Waals surface area contributed by atoms with Gasteiger partial charge >= 0.3 is 0 Å². The molecule has 23 heavy (non-hydrogen) atoms. The third-order valence-corrected chi connectivity index (χ3v) is 4.48. The zero-order valence-electron chi connectivity index (χ0n) is 14.0. The van der Waals surface area contributed by atoms with E-state index in [1.165, 1.54) is 0 Å². The molecule has 1 aromatic carbocycles. The number of para-hydroxylation sites is 1. The van der Waals surface area contributed by atoms with Gasteiger partial charge < -0.3 is 14.6 Å². The standard InChI is InChI=1S/C19H26N2O2/c1-14(2)13-23-16-7-9-21(10-8-16)19(22)11-15-12-20-18-6-4-3-5-17(15)18/h3-6,12,14,16,20H,7-11,13H2,1-2H3. The average Bonchev–Trinajstić information content (AvgIpc) is 2.96. The topological polar surface area (TPSA) is 45.3 Å². The third kappa shape index (κ3) is 3.94. The lowest BCUT2D eigenvalue weighted by atomic mass is 10.1. The smallest absolute Gasteiger partial charge is 0.227 e. The van der Waals surface area contributed by atoms with Crippen molar-refractivity contribution < 1.29 is 9.53 Å². The molecule has 1 amide bonds. The number of aromatic amines is 1. The number of nitrogens with zero attached hydrogens (tertiary/aromatic N) is 1. The molecule has 1 fully saturated rings. The molecule has 0 unspecified atom stereocenters. The van der Waals surface area contributed by atoms with E-state index in [-0.39, 0.29) is 5.91 Å². The Kier molecular flexibility index (Phi) is 5.01. The van der Waals surface area contributed by atoms with Crippen LogP contribution in [0.5, 0.6) is 0 Å². The van der Waals surface area contributed by atoms with E-state index in [0.717, 1.165) is 49.0 Å². The van der Waals surface area contributed by atoms with Crippen LogP contribution in [0, 0.1) is 5.92 Å². The molecule has 3 rings (SSSR count). The van der Waals surface area contributed by atoms with E-state index in [1.807, 2.05) is 29.3 Å². The molecule has 4 heteroatoms. The summed E-state index contributed by atoms with van der Waals surface area (Å²) in [6.07, 6.45) is 4.65. The fraction of sp³-hybridized carbons (Fsp3) is 0.526. The number of hydrogen-bond donors (Lipinski definition) is 1. The highest BCUT2D eigenvalue weighted by atomic mass is 16.5. The van der Waals surface area contributed by atoms with Crippen molar-refractivity contribution in [2.24, 2.45) is 5.92 Å². The second kappa shape index (κ2) is 7.18. The number of carbonyl (C=O) groups is 1. The first-order valence-electron chi connectivity index (χ1n) is 8.58. The summed E-state index contributed by atoms with van der Waals surface area (Å²) in [5.74, 6) is 0.786. The number of hydrogen-bond acceptors (Lipinski definition) is 2. The first-order chi connectivity index (χ1) is 11.1. The van der Waals surface area contributed by atoms with Gasteiger partial charge in [-0.1, -0.05) is 32.0 Å². The highest BCUT2D eigenvalue weighted by Crippen LogP contribution is 2.20. The van der Waals surface area contributed by atoms with Gasteiger partial charge in [0, 0.05) is 36.8 Å². The average molecular weight is 314 g/mol. The summed E-state index contributed by atoms with van der Waals surface area (Å²) in [5.41, 5.74) is 2.18. The van der Waals surface area contributed by atoms with Crippen LogP contribution < -0.4 is 0 Å². The van der Waals surface area contributed by atoms with Gasteiger partial charge in [-0.3, -0.25) is 4.79 Å². The molecule has 0 spiro atoms. The maximum absolute atomic E-state index is 12.6. The van der Waals surface area contributed by atoms with E-state index in [9.17, 15) is 4.79 Å². The van der Waals surface area contributed by atoms with Crippen LogP contribution in [0.4, 0.5) is 0 Å². The van der Waals surface area contributed by atoms with Crippen molar-refractivity contribution in [3.05, 3.63) is 36.0 Å². The van der Waals surface area contributed by atoms with Crippen molar-refractivity contribution in [3.63, 3.8) is 0 Å². The van der Waals surface area contributed by atoms with E-state index in [4.69, 9.17) is 4.74 Å². The normalized spacial score (nSPS) is 16.4. The molecule has 1 aliphatic rings. The van der Waals surface area contributed by atoms with Gasteiger partial charge in [0.1, 0.15) is 0 Å². The minimum absolute atomic E-state index is 0.220. The predicted molar refractivity (Wildman–Crippen MR) is 92.4 cm³/mol. The molecule has 1 aliphatic heterocycles. The number of H-pyrrole nitrogens is 1. The van der Waals surface area contributed by atoms with Gasteiger partial charge in [-0.25, -0.2) is 0 Å². The maximum atomic E-state index is 12.6. The van der Waals surface area contributed by atoms with Crippen LogP contribution in [-0.4, -0.2) is 41.6 Å². The van der Waals surface area contributed by atoms with Crippen LogP contribution in [0.15, 0.2) is 30.5 Å². The number of likely N-dealkylation sites (tertiary alicyclic amines) is 1. The molecule has 0 bridgehead atoms. The summed E-state index contributed by atoms with van der Waals surface area (Å²) in [5, 5.41) is 1.15. The van der Waals surface area contributed by atoms with Crippen molar-refractivity contribution in [3.8, 4) is 0 Å². The summed E-state index contributed by atoms with van der Waals surface area (Å²) in [6, 6.07) is 8.13. The monoisotopic (exact) mass is 314 g/mol. The molecule has 124 valence electrons. The molecule has 1 saturated heterocycles. The molecule has 0 atom stereocenters. The van der Waals surface area contributed by atoms with Crippen LogP contribution >= 0.6 is 0 Å². The van der Waals surface area contributed by atoms with E-state index < -0.39 is 0 Å². The summed E-state index contributed by atoms with van der Waals surface area (Å²) in [4.78, 5) is 17.8. The van der Waals surface area contributed by atoms with Gasteiger partial charge in [0.15, 0.2) is 0 Å². The Hall–Kier alpha value is -1.81. The number of amides is 1. The van der Waals surface area contributed by atoms with Crippen molar-refractivity contribution in [1.82, 2.24) is 9.88 Å². The Morgan fingerprint density at radius 1 is 1.30 bits per heavy atom. The van der Waals surface area contributed by atoms with E-state index in [1.54, 1.807) is 0 Å². The highest BCUT2D eigenvalue weighted by molar-refractivity contribution is 5.88. The van der Waals surface area contributed by atoms with Crippen LogP contribution in [0.25, 0.3) is 10.9 Å². The van der Waals surface area contributed by atoms with Gasteiger partial charge in [-0.05, 0) is 30.4 Å². The van der Waals surface area contributed by atoms with Crippen molar-refractivity contribution >= 4 is 16.8 Å². The first kappa shape index (κ1) is 16.1. The number of nitrogens with one attached hydrogen (secondary N) is 1. The lowest BCUT2D eigenvalue weighted by Gasteiger charge is -2.32. The molecule has 2 heterocycles. The van der Waals surface area contributed by atoms with Crippen molar-refractivity contribution in [2.45, 2.75) is 39.2 Å². The Morgan fingerprint density at radius 3 is 2.78 bits per heavy atom. The second-order valence-corrected chi connectivity index (χ2v) is 6.84. The summed E-state index contributed by atoms with van der Waals surface area (Å²) >= 11 is 0. The van der Waals surface area contributed by atoms with Gasteiger partial charge in [-0.15, -0.1) is 0 Å². The molecule has 0 radical (unpaired) electrons. The van der Waals surface area contributed by atoms with E-state index >= 15 is 0 Å². The predicted octanol–water partition coefficient (Wildman–Crippen LogP) is 3.37. The molecular weight excluding hydrogens is 288 g/mol. The zero-order valence-corrected chi connectivity index (χ0v) is 14.0. The molecule has 1 aromatic heterocycles. The Bertz CT molecular complexity index is 654. The lowest BCUT2D eigenvalue weighted by Crippen LogP contribution is -2.41. The fourth-order valence-corrected chi connectivity index (χ4v) is 3.15. The quantitative estimate of drug-likeness (QED) is 0.919. The van der Waals surface area contributed by atoms with Crippen LogP contribution in [-0.2, 0) is 16.0 Å². The molecule has 1 N–H and O–H groups in total. The summed E-state index contributed by atoms with van der Waals surface area (Å²) in [6.45, 7) is 6.77. The lowest BCUT2D eigenvalue weighted by molar-refractivity contribution is -0.133. The van der Waals surface area contributed by atoms with Gasteiger partial charge in [0.2, 0.25) is 5.91 Å². The third-order valence-electron chi connectivity index (χ3n) is 4.48. The highest BCUT2D eigenvalue weighted by Gasteiger charge is 2.23. The van der Waals surface area contributed by atoms with Gasteiger partial charge in [0.25, 0.3) is 0 Å². The first-order valence-corrected chi connectivity index (χ1v) is 8.58. The zero-order chi connectivity index (χ0) is 16.2. The van der Waals surface area contributed by atoms with E-state index in [2.05, 4.69) is 24.9 Å². The number of ether oxygens (including phenoxy) is 1. The number of piperidine rings is 1. The van der Waals surface area contributed by atoms with Crippen LogP contribution in [0.1, 0.15) is 32.3 Å². The number of rotatable bonds is 5. The number of fused-ring (bicyclic) bond motifs is 1. The minimum Gasteiger partial charge on any atom is -0.378 e. The summed E-state index contributed by atoms with van der Waals surface area (Å²) in [7, 11) is 0. The second-order valence-electron chi connectivity index (χ2n) is 6.84. The molecule has 0 saturated carbocycles. The molecule has 2 aromatic rings. The Labute approximate surface area is 137 Å². The Morgan fingerprint density at radius 2 is 2.04 bits per heavy atom. The number of carbonyl (C=O) groups excluding carboxylic acids is 1. The maximum Gasteiger partial charge on any atom is 0.227 e.